The van der Waals surface area contributed by atoms with E-state index in [1.807, 2.05) is 28.5 Å². The summed E-state index contributed by atoms with van der Waals surface area (Å²) >= 11 is 13.9. The molecule has 220 valence electrons. The van der Waals surface area contributed by atoms with Crippen LogP contribution in [0, 0.1) is 0 Å². The van der Waals surface area contributed by atoms with E-state index in [1.165, 1.54) is 16.9 Å². The molecule has 0 aliphatic carbocycles. The molecule has 5 rings (SSSR count). The van der Waals surface area contributed by atoms with Gasteiger partial charge in [-0.15, -0.1) is 11.3 Å². The van der Waals surface area contributed by atoms with Crippen LogP contribution in [-0.4, -0.2) is 66.6 Å². The molecule has 0 radical (unpaired) electrons. The van der Waals surface area contributed by atoms with E-state index in [0.29, 0.717) is 28.7 Å². The fourth-order valence-corrected chi connectivity index (χ4v) is 7.86. The summed E-state index contributed by atoms with van der Waals surface area (Å²) in [7, 11) is 0. The quantitative estimate of drug-likeness (QED) is 0.301. The average molecular weight is 616 g/mol. The number of hydrogen-bond donors (Lipinski definition) is 1. The Hall–Kier alpha value is -2.09. The van der Waals surface area contributed by atoms with Gasteiger partial charge in [-0.05, 0) is 73.5 Å². The number of carbonyl (C=O) groups excluding carboxylic acids is 1. The van der Waals surface area contributed by atoms with E-state index in [1.54, 1.807) is 11.0 Å². The summed E-state index contributed by atoms with van der Waals surface area (Å²) in [5.41, 5.74) is 3.67. The molecule has 0 bridgehead atoms. The minimum absolute atomic E-state index is 0.125. The monoisotopic (exact) mass is 614 g/mol. The largest absolute Gasteiger partial charge is 0.492 e. The van der Waals surface area contributed by atoms with Gasteiger partial charge in [0, 0.05) is 48.6 Å². The number of carbonyl (C=O) groups is 1. The summed E-state index contributed by atoms with van der Waals surface area (Å²) in [6, 6.07) is 17.2. The van der Waals surface area contributed by atoms with Crippen molar-refractivity contribution in [2.75, 3.05) is 39.3 Å². The SMILES string of the molecule is CCCOc1ccsc1C(=O)N1CCC(C)([NH+]2CCN([C@@H](C)c3ccc(-c4cc(Cl)cc(Cl)c4)cc3)[C@H](C)C2)CC1. The number of hydrogen-bond acceptors (Lipinski definition) is 4. The Balaban J connectivity index is 1.17. The summed E-state index contributed by atoms with van der Waals surface area (Å²) in [4.78, 5) is 20.4. The van der Waals surface area contributed by atoms with Gasteiger partial charge in [0.2, 0.25) is 0 Å². The van der Waals surface area contributed by atoms with Crippen LogP contribution < -0.4 is 9.64 Å². The fourth-order valence-electron chi connectivity index (χ4n) is 6.53. The number of nitrogens with one attached hydrogen (secondary N) is 1. The first-order valence-corrected chi connectivity index (χ1v) is 16.5. The Morgan fingerprint density at radius 2 is 1.76 bits per heavy atom. The van der Waals surface area contributed by atoms with E-state index in [0.717, 1.165) is 73.7 Å². The minimum atomic E-state index is 0.125. The van der Waals surface area contributed by atoms with Crippen LogP contribution in [0.5, 0.6) is 5.75 Å². The lowest BCUT2D eigenvalue weighted by molar-refractivity contribution is -0.959. The molecule has 1 aromatic heterocycles. The highest BCUT2D eigenvalue weighted by molar-refractivity contribution is 7.12. The fraction of sp³-hybridized carbons (Fsp3) is 0.485. The number of nitrogens with zero attached hydrogens (tertiary/aromatic N) is 2. The molecule has 1 unspecified atom stereocenters. The number of halogens is 2. The Kier molecular flexibility index (Phi) is 9.67. The van der Waals surface area contributed by atoms with Crippen LogP contribution in [0.3, 0.4) is 0 Å². The molecular weight excluding hydrogens is 573 g/mol. The highest BCUT2D eigenvalue weighted by atomic mass is 35.5. The molecule has 5 nitrogen and oxygen atoms in total. The maximum Gasteiger partial charge on any atom is 0.267 e. The lowest BCUT2D eigenvalue weighted by atomic mass is 9.86. The third-order valence-electron chi connectivity index (χ3n) is 9.16. The molecule has 0 saturated carbocycles. The molecule has 2 aromatic carbocycles. The molecule has 3 atom stereocenters. The Morgan fingerprint density at radius 1 is 1.07 bits per heavy atom. The highest BCUT2D eigenvalue weighted by Gasteiger charge is 2.44. The maximum atomic E-state index is 13.3. The van der Waals surface area contributed by atoms with Crippen LogP contribution in [0.25, 0.3) is 11.1 Å². The highest BCUT2D eigenvalue weighted by Crippen LogP contribution is 2.31. The molecular formula is C33H42Cl2N3O2S+. The average Bonchev–Trinajstić information content (AvgIpc) is 3.44. The molecule has 2 fully saturated rings. The molecule has 0 spiro atoms. The molecule has 1 N–H and O–H groups in total. The summed E-state index contributed by atoms with van der Waals surface area (Å²) in [5.74, 6) is 0.864. The zero-order valence-corrected chi connectivity index (χ0v) is 26.9. The van der Waals surface area contributed by atoms with E-state index in [9.17, 15) is 4.79 Å². The second-order valence-electron chi connectivity index (χ2n) is 11.9. The molecule has 8 heteroatoms. The predicted molar refractivity (Wildman–Crippen MR) is 171 cm³/mol. The first-order valence-electron chi connectivity index (χ1n) is 14.9. The second kappa shape index (κ2) is 13.0. The van der Waals surface area contributed by atoms with Crippen molar-refractivity contribution in [1.29, 1.82) is 0 Å². The molecule has 3 aromatic rings. The predicted octanol–water partition coefficient (Wildman–Crippen LogP) is 6.86. The summed E-state index contributed by atoms with van der Waals surface area (Å²) < 4.78 is 5.83. The smallest absolute Gasteiger partial charge is 0.267 e. The number of piperidine rings is 1. The molecule has 2 saturated heterocycles. The first-order chi connectivity index (χ1) is 19.7. The minimum Gasteiger partial charge on any atom is -0.492 e. The van der Waals surface area contributed by atoms with E-state index < -0.39 is 0 Å². The van der Waals surface area contributed by atoms with Crippen molar-refractivity contribution in [1.82, 2.24) is 9.80 Å². The number of ether oxygens (including phenoxy) is 1. The van der Waals surface area contributed by atoms with Gasteiger partial charge in [-0.2, -0.15) is 0 Å². The van der Waals surface area contributed by atoms with Crippen molar-refractivity contribution in [3.05, 3.63) is 74.4 Å². The van der Waals surface area contributed by atoms with Gasteiger partial charge in [-0.3, -0.25) is 9.69 Å². The van der Waals surface area contributed by atoms with Gasteiger partial charge >= 0.3 is 0 Å². The van der Waals surface area contributed by atoms with Gasteiger partial charge in [0.05, 0.1) is 31.3 Å². The van der Waals surface area contributed by atoms with Gasteiger partial charge in [-0.1, -0.05) is 54.4 Å². The molecule has 1 amide bonds. The van der Waals surface area contributed by atoms with Crippen molar-refractivity contribution >= 4 is 40.4 Å². The third kappa shape index (κ3) is 6.78. The lowest BCUT2D eigenvalue weighted by Gasteiger charge is -2.49. The van der Waals surface area contributed by atoms with Gasteiger partial charge < -0.3 is 14.5 Å². The number of benzene rings is 2. The summed E-state index contributed by atoms with van der Waals surface area (Å²) in [6.07, 6.45) is 2.99. The van der Waals surface area contributed by atoms with E-state index in [-0.39, 0.29) is 11.4 Å². The van der Waals surface area contributed by atoms with Gasteiger partial charge in [0.1, 0.15) is 10.6 Å². The van der Waals surface area contributed by atoms with Crippen LogP contribution in [0.1, 0.15) is 68.2 Å². The first kappa shape index (κ1) is 30.4. The summed E-state index contributed by atoms with van der Waals surface area (Å²) in [5, 5.41) is 3.26. The van der Waals surface area contributed by atoms with Gasteiger partial charge in [-0.25, -0.2) is 0 Å². The van der Waals surface area contributed by atoms with E-state index in [4.69, 9.17) is 27.9 Å². The van der Waals surface area contributed by atoms with E-state index >= 15 is 0 Å². The topological polar surface area (TPSA) is 37.2 Å². The zero-order valence-electron chi connectivity index (χ0n) is 24.6. The van der Waals surface area contributed by atoms with Crippen LogP contribution in [0.4, 0.5) is 0 Å². The summed E-state index contributed by atoms with van der Waals surface area (Å²) in [6.45, 7) is 14.8. The van der Waals surface area contributed by atoms with Crippen molar-refractivity contribution in [3.63, 3.8) is 0 Å². The Labute approximate surface area is 259 Å². The molecule has 41 heavy (non-hydrogen) atoms. The zero-order chi connectivity index (χ0) is 29.1. The van der Waals surface area contributed by atoms with Crippen LogP contribution in [-0.2, 0) is 0 Å². The van der Waals surface area contributed by atoms with Gasteiger partial charge in [0.25, 0.3) is 5.91 Å². The number of amides is 1. The van der Waals surface area contributed by atoms with Crippen LogP contribution >= 0.6 is 34.5 Å². The number of likely N-dealkylation sites (tertiary alicyclic amines) is 1. The molecule has 3 heterocycles. The molecule has 2 aliphatic heterocycles. The van der Waals surface area contributed by atoms with Crippen molar-refractivity contribution in [2.24, 2.45) is 0 Å². The lowest BCUT2D eigenvalue weighted by Crippen LogP contribution is -3.23. The van der Waals surface area contributed by atoms with E-state index in [2.05, 4.69) is 56.9 Å². The second-order valence-corrected chi connectivity index (χ2v) is 13.7. The van der Waals surface area contributed by atoms with Gasteiger partial charge in [0.15, 0.2) is 0 Å². The van der Waals surface area contributed by atoms with Crippen LogP contribution in [0.15, 0.2) is 53.9 Å². The molecule has 2 aliphatic rings. The number of quaternary nitrogens is 1. The Morgan fingerprint density at radius 3 is 2.39 bits per heavy atom. The number of rotatable bonds is 8. The van der Waals surface area contributed by atoms with Crippen LogP contribution in [0.2, 0.25) is 10.0 Å². The Bertz CT molecular complexity index is 1320. The van der Waals surface area contributed by atoms with Crippen molar-refractivity contribution < 1.29 is 14.4 Å². The normalized spacial score (nSPS) is 22.0. The van der Waals surface area contributed by atoms with Crippen molar-refractivity contribution in [2.45, 2.75) is 64.6 Å². The third-order valence-corrected chi connectivity index (χ3v) is 10.5. The van der Waals surface area contributed by atoms with Crippen molar-refractivity contribution in [3.8, 4) is 16.9 Å². The maximum absolute atomic E-state index is 13.3. The number of piperazine rings is 1. The standard InChI is InChI=1S/C33H41Cl2N3O2S/c1-5-17-40-30-10-18-41-31(30)32(39)36-13-11-33(4,12-14-36)37-15-16-38(23(2)22-37)24(3)25-6-8-26(9-7-25)27-19-28(34)21-29(35)20-27/h6-10,18-21,23-24H,5,11-17,22H2,1-4H3/p+1/t23-,24+/m1/s1. The number of thiophene rings is 1.